The molecule has 15 heavy (non-hydrogen) atoms. The highest BCUT2D eigenvalue weighted by Crippen LogP contribution is 2.13. The lowest BCUT2D eigenvalue weighted by atomic mass is 10.3. The molecule has 0 unspecified atom stereocenters. The predicted octanol–water partition coefficient (Wildman–Crippen LogP) is 0.811. The first kappa shape index (κ1) is 11.9. The van der Waals surface area contributed by atoms with Gasteiger partial charge in [0.15, 0.2) is 0 Å². The van der Waals surface area contributed by atoms with Crippen LogP contribution in [0, 0.1) is 0 Å². The van der Waals surface area contributed by atoms with Gasteiger partial charge >= 0.3 is 0 Å². The van der Waals surface area contributed by atoms with Crippen LogP contribution in [0.4, 0.5) is 5.82 Å². The summed E-state index contributed by atoms with van der Waals surface area (Å²) >= 11 is 3.27. The molecule has 6 heteroatoms. The zero-order valence-corrected chi connectivity index (χ0v) is 10.3. The van der Waals surface area contributed by atoms with E-state index in [9.17, 15) is 4.79 Å². The fraction of sp³-hybridized carbons (Fsp3) is 0.444. The van der Waals surface area contributed by atoms with Gasteiger partial charge in [-0.2, -0.15) is 0 Å². The topological polar surface area (TPSA) is 58.1 Å². The molecule has 5 nitrogen and oxygen atoms in total. The van der Waals surface area contributed by atoms with E-state index >= 15 is 0 Å². The Kier molecular flexibility index (Phi) is 4.48. The minimum absolute atomic E-state index is 0.0231. The second kappa shape index (κ2) is 5.65. The standard InChI is InChI=1S/C9H13BrN4O/c1-11-9(15)3-4-14(2)8-5-7(10)12-6-13-8/h5-6H,3-4H2,1-2H3,(H,11,15). The second-order valence-electron chi connectivity index (χ2n) is 3.04. The average molecular weight is 273 g/mol. The fourth-order valence-corrected chi connectivity index (χ4v) is 1.34. The highest BCUT2D eigenvalue weighted by atomic mass is 79.9. The van der Waals surface area contributed by atoms with E-state index in [0.717, 1.165) is 10.4 Å². The molecular formula is C9H13BrN4O. The zero-order valence-electron chi connectivity index (χ0n) is 8.70. The average Bonchev–Trinajstić information content (AvgIpc) is 2.25. The molecule has 1 amide bonds. The maximum Gasteiger partial charge on any atom is 0.221 e. The third kappa shape index (κ3) is 3.83. The summed E-state index contributed by atoms with van der Waals surface area (Å²) in [4.78, 5) is 21.0. The van der Waals surface area contributed by atoms with Gasteiger partial charge in [-0.05, 0) is 15.9 Å². The fourth-order valence-electron chi connectivity index (χ4n) is 1.04. The lowest BCUT2D eigenvalue weighted by Crippen LogP contribution is -2.26. The van der Waals surface area contributed by atoms with Gasteiger partial charge in [0.05, 0.1) is 0 Å². The van der Waals surface area contributed by atoms with Crippen molar-refractivity contribution in [3.63, 3.8) is 0 Å². The molecule has 0 aliphatic heterocycles. The molecule has 1 aromatic heterocycles. The molecule has 0 aliphatic carbocycles. The van der Waals surface area contributed by atoms with Gasteiger partial charge < -0.3 is 10.2 Å². The number of aromatic nitrogens is 2. The van der Waals surface area contributed by atoms with Gasteiger partial charge in [-0.25, -0.2) is 9.97 Å². The van der Waals surface area contributed by atoms with E-state index in [1.165, 1.54) is 6.33 Å². The Labute approximate surface area is 97.0 Å². The molecule has 0 saturated carbocycles. The highest BCUT2D eigenvalue weighted by molar-refractivity contribution is 9.10. The van der Waals surface area contributed by atoms with Gasteiger partial charge in [0.25, 0.3) is 0 Å². The number of carbonyl (C=O) groups is 1. The summed E-state index contributed by atoms with van der Waals surface area (Å²) in [6, 6.07) is 1.81. The van der Waals surface area contributed by atoms with Crippen LogP contribution in [0.2, 0.25) is 0 Å². The van der Waals surface area contributed by atoms with E-state index in [1.807, 2.05) is 18.0 Å². The van der Waals surface area contributed by atoms with E-state index in [-0.39, 0.29) is 5.91 Å². The molecule has 1 N–H and O–H groups in total. The summed E-state index contributed by atoms with van der Waals surface area (Å²) < 4.78 is 0.735. The van der Waals surface area contributed by atoms with Crippen LogP contribution in [0.5, 0.6) is 0 Å². The molecule has 0 spiro atoms. The Morgan fingerprint density at radius 2 is 2.33 bits per heavy atom. The summed E-state index contributed by atoms with van der Waals surface area (Å²) in [6.45, 7) is 0.628. The van der Waals surface area contributed by atoms with E-state index in [1.54, 1.807) is 7.05 Å². The minimum Gasteiger partial charge on any atom is -0.359 e. The number of amides is 1. The second-order valence-corrected chi connectivity index (χ2v) is 3.86. The number of nitrogens with one attached hydrogen (secondary N) is 1. The van der Waals surface area contributed by atoms with Crippen molar-refractivity contribution in [2.45, 2.75) is 6.42 Å². The minimum atomic E-state index is 0.0231. The first-order chi connectivity index (χ1) is 7.13. The maximum absolute atomic E-state index is 11.0. The number of rotatable bonds is 4. The van der Waals surface area contributed by atoms with Crippen molar-refractivity contribution in [2.75, 3.05) is 25.5 Å². The Balaban J connectivity index is 2.53. The zero-order chi connectivity index (χ0) is 11.3. The monoisotopic (exact) mass is 272 g/mol. The molecule has 82 valence electrons. The number of carbonyl (C=O) groups excluding carboxylic acids is 1. The van der Waals surface area contributed by atoms with Gasteiger partial charge in [0.2, 0.25) is 5.91 Å². The van der Waals surface area contributed by atoms with Gasteiger partial charge in [0, 0.05) is 33.1 Å². The molecule has 0 radical (unpaired) electrons. The summed E-state index contributed by atoms with van der Waals surface area (Å²) in [7, 11) is 3.52. The Bertz CT molecular complexity index is 345. The van der Waals surface area contributed by atoms with Crippen LogP contribution in [0.25, 0.3) is 0 Å². The molecular weight excluding hydrogens is 260 g/mol. The normalized spacial score (nSPS) is 9.80. The van der Waals surface area contributed by atoms with Crippen LogP contribution in [0.15, 0.2) is 17.0 Å². The van der Waals surface area contributed by atoms with Gasteiger partial charge in [-0.1, -0.05) is 0 Å². The first-order valence-corrected chi connectivity index (χ1v) is 5.32. The van der Waals surface area contributed by atoms with E-state index in [4.69, 9.17) is 0 Å². The van der Waals surface area contributed by atoms with Crippen LogP contribution >= 0.6 is 15.9 Å². The van der Waals surface area contributed by atoms with E-state index in [2.05, 4.69) is 31.2 Å². The molecule has 1 rings (SSSR count). The van der Waals surface area contributed by atoms with Gasteiger partial charge in [-0.15, -0.1) is 0 Å². The Morgan fingerprint density at radius 1 is 1.60 bits per heavy atom. The lowest BCUT2D eigenvalue weighted by Gasteiger charge is -2.17. The summed E-state index contributed by atoms with van der Waals surface area (Å²) in [5.74, 6) is 0.816. The highest BCUT2D eigenvalue weighted by Gasteiger charge is 2.05. The van der Waals surface area contributed by atoms with Crippen LogP contribution in [-0.4, -0.2) is 36.5 Å². The molecule has 0 atom stereocenters. The largest absolute Gasteiger partial charge is 0.359 e. The molecule has 0 bridgehead atoms. The van der Waals surface area contributed by atoms with Crippen LogP contribution in [0.3, 0.4) is 0 Å². The molecule has 1 heterocycles. The summed E-state index contributed by atoms with van der Waals surface area (Å²) in [5, 5.41) is 2.58. The lowest BCUT2D eigenvalue weighted by molar-refractivity contribution is -0.120. The van der Waals surface area contributed by atoms with E-state index in [0.29, 0.717) is 13.0 Å². The third-order valence-corrected chi connectivity index (χ3v) is 2.40. The molecule has 0 saturated heterocycles. The smallest absolute Gasteiger partial charge is 0.221 e. The van der Waals surface area contributed by atoms with Crippen molar-refractivity contribution in [1.82, 2.24) is 15.3 Å². The van der Waals surface area contributed by atoms with Crippen LogP contribution in [0.1, 0.15) is 6.42 Å². The number of anilines is 1. The van der Waals surface area contributed by atoms with Crippen molar-refractivity contribution >= 4 is 27.7 Å². The van der Waals surface area contributed by atoms with Crippen molar-refractivity contribution in [2.24, 2.45) is 0 Å². The van der Waals surface area contributed by atoms with Crippen LogP contribution < -0.4 is 10.2 Å². The van der Waals surface area contributed by atoms with E-state index < -0.39 is 0 Å². The number of hydrogen-bond donors (Lipinski definition) is 1. The Morgan fingerprint density at radius 3 is 2.93 bits per heavy atom. The van der Waals surface area contributed by atoms with Gasteiger partial charge in [0.1, 0.15) is 16.7 Å². The molecule has 0 aliphatic rings. The predicted molar refractivity (Wildman–Crippen MR) is 61.7 cm³/mol. The molecule has 0 aromatic carbocycles. The SMILES string of the molecule is CNC(=O)CCN(C)c1cc(Br)ncn1. The number of hydrogen-bond acceptors (Lipinski definition) is 4. The Hall–Kier alpha value is -1.17. The summed E-state index contributed by atoms with van der Waals surface area (Å²) in [5.41, 5.74) is 0. The number of halogens is 1. The third-order valence-electron chi connectivity index (χ3n) is 1.96. The van der Waals surface area contributed by atoms with Crippen molar-refractivity contribution < 1.29 is 4.79 Å². The maximum atomic E-state index is 11.0. The van der Waals surface area contributed by atoms with Gasteiger partial charge in [-0.3, -0.25) is 4.79 Å². The molecule has 1 aromatic rings. The van der Waals surface area contributed by atoms with Crippen molar-refractivity contribution in [1.29, 1.82) is 0 Å². The van der Waals surface area contributed by atoms with Crippen molar-refractivity contribution in [3.8, 4) is 0 Å². The number of nitrogens with zero attached hydrogens (tertiary/aromatic N) is 3. The first-order valence-electron chi connectivity index (χ1n) is 4.52. The quantitative estimate of drug-likeness (QED) is 0.825. The summed E-state index contributed by atoms with van der Waals surface area (Å²) in [6.07, 6.45) is 1.93. The molecule has 0 fully saturated rings. The van der Waals surface area contributed by atoms with Crippen LogP contribution in [-0.2, 0) is 4.79 Å². The van der Waals surface area contributed by atoms with Crippen molar-refractivity contribution in [3.05, 3.63) is 17.0 Å².